The molecule has 1 fully saturated rings. The number of nitrogens with zero attached hydrogens (tertiary/aromatic N) is 2. The van der Waals surface area contributed by atoms with Crippen LogP contribution >= 0.6 is 11.6 Å². The molecule has 1 aliphatic heterocycles. The number of alkyl halides is 3. The van der Waals surface area contributed by atoms with Gasteiger partial charge in [0.05, 0.1) is 17.1 Å². The molecule has 0 aromatic heterocycles. The number of carbonyl (C=O) groups is 1. The highest BCUT2D eigenvalue weighted by Crippen LogP contribution is 2.36. The van der Waals surface area contributed by atoms with Crippen molar-refractivity contribution in [3.8, 4) is 0 Å². The molecule has 2 rings (SSSR count). The van der Waals surface area contributed by atoms with E-state index in [0.29, 0.717) is 0 Å². The van der Waals surface area contributed by atoms with Gasteiger partial charge in [-0.3, -0.25) is 9.69 Å². The molecule has 1 N–H and O–H groups in total. The van der Waals surface area contributed by atoms with Crippen molar-refractivity contribution < 1.29 is 18.0 Å². The van der Waals surface area contributed by atoms with Gasteiger partial charge in [0, 0.05) is 31.9 Å². The molecule has 1 amide bonds. The molecule has 1 heterocycles. The van der Waals surface area contributed by atoms with Gasteiger partial charge in [-0.25, -0.2) is 0 Å². The summed E-state index contributed by atoms with van der Waals surface area (Å²) in [6.45, 7) is 6.83. The molecular formula is C18H25ClF3N3O. The highest BCUT2D eigenvalue weighted by Gasteiger charge is 2.33. The van der Waals surface area contributed by atoms with Gasteiger partial charge in [-0.05, 0) is 31.2 Å². The largest absolute Gasteiger partial charge is 0.417 e. The van der Waals surface area contributed by atoms with Gasteiger partial charge in [-0.1, -0.05) is 31.4 Å². The minimum absolute atomic E-state index is 0.102. The van der Waals surface area contributed by atoms with Gasteiger partial charge in [-0.15, -0.1) is 0 Å². The molecule has 0 saturated carbocycles. The van der Waals surface area contributed by atoms with Gasteiger partial charge in [0.1, 0.15) is 0 Å². The maximum Gasteiger partial charge on any atom is 0.417 e. The molecule has 1 aromatic rings. The third-order valence-corrected chi connectivity index (χ3v) is 4.80. The van der Waals surface area contributed by atoms with Gasteiger partial charge >= 0.3 is 6.18 Å². The number of piperazine rings is 1. The first-order valence-electron chi connectivity index (χ1n) is 8.91. The first-order chi connectivity index (χ1) is 12.3. The van der Waals surface area contributed by atoms with Crippen molar-refractivity contribution in [1.29, 1.82) is 0 Å². The SMILES string of the molecule is CCCCCN1CCN(CC(=O)Nc2ccc(Cl)c(C(F)(F)F)c2)CC1. The molecule has 8 heteroatoms. The molecule has 0 aliphatic carbocycles. The lowest BCUT2D eigenvalue weighted by Gasteiger charge is -2.34. The topological polar surface area (TPSA) is 35.6 Å². The van der Waals surface area contributed by atoms with Gasteiger partial charge in [0.15, 0.2) is 0 Å². The van der Waals surface area contributed by atoms with Gasteiger partial charge < -0.3 is 10.2 Å². The third-order valence-electron chi connectivity index (χ3n) is 4.47. The van der Waals surface area contributed by atoms with E-state index in [1.54, 1.807) is 0 Å². The zero-order valence-corrected chi connectivity index (χ0v) is 15.7. The Kier molecular flexibility index (Phi) is 7.73. The standard InChI is InChI=1S/C18H25ClF3N3O/c1-2-3-4-7-24-8-10-25(11-9-24)13-17(26)23-14-5-6-16(19)15(12-14)18(20,21)22/h5-6,12H,2-4,7-11,13H2,1H3,(H,23,26). The number of anilines is 1. The van der Waals surface area contributed by atoms with E-state index in [4.69, 9.17) is 11.6 Å². The molecule has 0 atom stereocenters. The van der Waals surface area contributed by atoms with E-state index in [1.165, 1.54) is 25.3 Å². The Hall–Kier alpha value is -1.31. The Balaban J connectivity index is 1.81. The highest BCUT2D eigenvalue weighted by atomic mass is 35.5. The van der Waals surface area contributed by atoms with Crippen molar-refractivity contribution in [2.24, 2.45) is 0 Å². The van der Waals surface area contributed by atoms with Crippen LogP contribution in [0.15, 0.2) is 18.2 Å². The van der Waals surface area contributed by atoms with Crippen molar-refractivity contribution in [2.75, 3.05) is 44.6 Å². The predicted molar refractivity (Wildman–Crippen MR) is 97.5 cm³/mol. The minimum Gasteiger partial charge on any atom is -0.325 e. The first kappa shape index (κ1) is 21.0. The maximum atomic E-state index is 12.9. The maximum absolute atomic E-state index is 12.9. The summed E-state index contributed by atoms with van der Waals surface area (Å²) in [5.41, 5.74) is -0.845. The van der Waals surface area contributed by atoms with Crippen LogP contribution in [-0.2, 0) is 11.0 Å². The van der Waals surface area contributed by atoms with Crippen molar-refractivity contribution in [3.05, 3.63) is 28.8 Å². The van der Waals surface area contributed by atoms with Crippen LogP contribution in [0.1, 0.15) is 31.7 Å². The number of amides is 1. The van der Waals surface area contributed by atoms with Crippen LogP contribution in [0.25, 0.3) is 0 Å². The minimum atomic E-state index is -4.55. The lowest BCUT2D eigenvalue weighted by atomic mass is 10.2. The predicted octanol–water partition coefficient (Wildman–Crippen LogP) is 4.11. The lowest BCUT2D eigenvalue weighted by Crippen LogP contribution is -2.48. The highest BCUT2D eigenvalue weighted by molar-refractivity contribution is 6.31. The molecule has 0 spiro atoms. The molecule has 26 heavy (non-hydrogen) atoms. The summed E-state index contributed by atoms with van der Waals surface area (Å²) in [6, 6.07) is 3.39. The van der Waals surface area contributed by atoms with Crippen LogP contribution in [0.5, 0.6) is 0 Å². The molecule has 0 unspecified atom stereocenters. The summed E-state index contributed by atoms with van der Waals surface area (Å²) in [6.07, 6.45) is -0.939. The van der Waals surface area contributed by atoms with Crippen LogP contribution in [0, 0.1) is 0 Å². The Morgan fingerprint density at radius 2 is 1.81 bits per heavy atom. The number of nitrogens with one attached hydrogen (secondary N) is 1. The van der Waals surface area contributed by atoms with Crippen molar-refractivity contribution in [1.82, 2.24) is 9.80 Å². The lowest BCUT2D eigenvalue weighted by molar-refractivity contribution is -0.137. The molecule has 1 aromatic carbocycles. The molecule has 0 radical (unpaired) electrons. The number of unbranched alkanes of at least 4 members (excludes halogenated alkanes) is 2. The van der Waals surface area contributed by atoms with E-state index in [0.717, 1.165) is 44.9 Å². The van der Waals surface area contributed by atoms with E-state index in [1.807, 2.05) is 4.90 Å². The summed E-state index contributed by atoms with van der Waals surface area (Å²) in [7, 11) is 0. The zero-order chi connectivity index (χ0) is 19.2. The third kappa shape index (κ3) is 6.45. The molecule has 1 aliphatic rings. The smallest absolute Gasteiger partial charge is 0.325 e. The fourth-order valence-corrected chi connectivity index (χ4v) is 3.20. The first-order valence-corrected chi connectivity index (χ1v) is 9.28. The average molecular weight is 392 g/mol. The second-order valence-corrected chi connectivity index (χ2v) is 6.97. The number of hydrogen-bond acceptors (Lipinski definition) is 3. The number of benzene rings is 1. The van der Waals surface area contributed by atoms with Crippen LogP contribution in [-0.4, -0.2) is 55.0 Å². The number of rotatable bonds is 7. The van der Waals surface area contributed by atoms with E-state index < -0.39 is 11.7 Å². The monoisotopic (exact) mass is 391 g/mol. The quantitative estimate of drug-likeness (QED) is 0.711. The van der Waals surface area contributed by atoms with E-state index >= 15 is 0 Å². The van der Waals surface area contributed by atoms with E-state index in [2.05, 4.69) is 17.1 Å². The van der Waals surface area contributed by atoms with Crippen molar-refractivity contribution in [3.63, 3.8) is 0 Å². The Bertz CT molecular complexity index is 602. The Morgan fingerprint density at radius 3 is 2.42 bits per heavy atom. The van der Waals surface area contributed by atoms with Gasteiger partial charge in [0.2, 0.25) is 5.91 Å². The Labute approximate surface area is 157 Å². The van der Waals surface area contributed by atoms with Crippen molar-refractivity contribution in [2.45, 2.75) is 32.4 Å². The fourth-order valence-electron chi connectivity index (χ4n) is 2.98. The van der Waals surface area contributed by atoms with E-state index in [9.17, 15) is 18.0 Å². The summed E-state index contributed by atoms with van der Waals surface area (Å²) in [5, 5.41) is 2.15. The van der Waals surface area contributed by atoms with Crippen LogP contribution in [0.2, 0.25) is 5.02 Å². The summed E-state index contributed by atoms with van der Waals surface area (Å²) < 4.78 is 38.6. The number of carbonyl (C=O) groups excluding carboxylic acids is 1. The van der Waals surface area contributed by atoms with E-state index in [-0.39, 0.29) is 23.2 Å². The number of hydrogen-bond donors (Lipinski definition) is 1. The molecule has 146 valence electrons. The zero-order valence-electron chi connectivity index (χ0n) is 14.9. The molecule has 0 bridgehead atoms. The van der Waals surface area contributed by atoms with Gasteiger partial charge in [0.25, 0.3) is 0 Å². The molecular weight excluding hydrogens is 367 g/mol. The molecule has 4 nitrogen and oxygen atoms in total. The summed E-state index contributed by atoms with van der Waals surface area (Å²) in [5.74, 6) is -0.320. The van der Waals surface area contributed by atoms with Gasteiger partial charge in [-0.2, -0.15) is 13.2 Å². The second kappa shape index (κ2) is 9.58. The normalized spacial score (nSPS) is 16.7. The second-order valence-electron chi connectivity index (χ2n) is 6.57. The average Bonchev–Trinajstić information content (AvgIpc) is 2.57. The van der Waals surface area contributed by atoms with Crippen LogP contribution < -0.4 is 5.32 Å². The van der Waals surface area contributed by atoms with Crippen LogP contribution in [0.4, 0.5) is 18.9 Å². The molecule has 1 saturated heterocycles. The summed E-state index contributed by atoms with van der Waals surface area (Å²) in [4.78, 5) is 16.5. The van der Waals surface area contributed by atoms with Crippen molar-refractivity contribution >= 4 is 23.2 Å². The number of halogens is 4. The fraction of sp³-hybridized carbons (Fsp3) is 0.611. The summed E-state index contributed by atoms with van der Waals surface area (Å²) >= 11 is 5.59. The Morgan fingerprint density at radius 1 is 1.15 bits per heavy atom. The van der Waals surface area contributed by atoms with Crippen LogP contribution in [0.3, 0.4) is 0 Å².